The van der Waals surface area contributed by atoms with Gasteiger partial charge in [0.05, 0.1) is 22.0 Å². The summed E-state index contributed by atoms with van der Waals surface area (Å²) in [4.78, 5) is 37.8. The number of hydrogen-bond acceptors (Lipinski definition) is 7. The number of rotatable bonds is 6. The summed E-state index contributed by atoms with van der Waals surface area (Å²) in [5.74, 6) is 2.18. The van der Waals surface area contributed by atoms with Crippen molar-refractivity contribution >= 4 is 17.6 Å². The number of carbonyl (C=O) groups excluding carboxylic acids is 2. The third-order valence-corrected chi connectivity index (χ3v) is 4.81. The first-order valence-corrected chi connectivity index (χ1v) is 8.85. The van der Waals surface area contributed by atoms with Crippen molar-refractivity contribution in [3.8, 4) is 24.7 Å². The number of nitro benzene ring substituents is 1. The average Bonchev–Trinajstić information content (AvgIpc) is 2.73. The molecule has 0 N–H and O–H groups in total. The van der Waals surface area contributed by atoms with Gasteiger partial charge in [-0.1, -0.05) is 24.0 Å². The lowest BCUT2D eigenvalue weighted by atomic mass is 9.80. The maximum absolute atomic E-state index is 12.8. The molecule has 30 heavy (non-hydrogen) atoms. The summed E-state index contributed by atoms with van der Waals surface area (Å²) < 4.78 is 10.3. The number of non-ortho nitro benzene ring substituents is 1. The highest BCUT2D eigenvalue weighted by atomic mass is 16.6. The van der Waals surface area contributed by atoms with Crippen LogP contribution in [0.1, 0.15) is 25.3 Å². The zero-order valence-corrected chi connectivity index (χ0v) is 16.8. The maximum Gasteiger partial charge on any atom is 0.337 e. The second-order valence-corrected chi connectivity index (χ2v) is 6.40. The van der Waals surface area contributed by atoms with Gasteiger partial charge in [0.2, 0.25) is 0 Å². The summed E-state index contributed by atoms with van der Waals surface area (Å²) >= 11 is 0. The Bertz CT molecular complexity index is 967. The van der Waals surface area contributed by atoms with Gasteiger partial charge in [0.1, 0.15) is 0 Å². The lowest BCUT2D eigenvalue weighted by Gasteiger charge is -2.35. The number of carbonyl (C=O) groups is 2. The number of esters is 2. The van der Waals surface area contributed by atoms with E-state index in [1.807, 2.05) is 0 Å². The molecule has 0 saturated heterocycles. The van der Waals surface area contributed by atoms with Crippen LogP contribution in [0.5, 0.6) is 0 Å². The molecule has 1 aliphatic rings. The van der Waals surface area contributed by atoms with Crippen LogP contribution in [-0.4, -0.2) is 42.0 Å². The predicted molar refractivity (Wildman–Crippen MR) is 109 cm³/mol. The lowest BCUT2D eigenvalue weighted by Crippen LogP contribution is -2.33. The molecule has 1 aromatic rings. The van der Waals surface area contributed by atoms with E-state index in [2.05, 4.69) is 11.8 Å². The van der Waals surface area contributed by atoms with Crippen LogP contribution in [0.15, 0.2) is 46.8 Å². The normalized spacial score (nSPS) is 14.1. The van der Waals surface area contributed by atoms with Crippen LogP contribution >= 0.6 is 0 Å². The van der Waals surface area contributed by atoms with Crippen molar-refractivity contribution in [3.63, 3.8) is 0 Å². The molecule has 2 rings (SSSR count). The largest absolute Gasteiger partial charge is 0.449 e. The van der Waals surface area contributed by atoms with Gasteiger partial charge >= 0.3 is 11.9 Å². The molecule has 0 aromatic heterocycles. The zero-order chi connectivity index (χ0) is 22.4. The van der Waals surface area contributed by atoms with Crippen molar-refractivity contribution in [2.24, 2.45) is 0 Å². The van der Waals surface area contributed by atoms with Gasteiger partial charge in [0.15, 0.2) is 13.2 Å². The topological polar surface area (TPSA) is 99.0 Å². The molecule has 1 aliphatic heterocycles. The minimum absolute atomic E-state index is 0.124. The fourth-order valence-corrected chi connectivity index (χ4v) is 3.20. The molecule has 0 atom stereocenters. The molecule has 0 radical (unpaired) electrons. The number of ether oxygens (including phenoxy) is 2. The van der Waals surface area contributed by atoms with Crippen LogP contribution in [0.4, 0.5) is 5.69 Å². The molecule has 0 aliphatic carbocycles. The van der Waals surface area contributed by atoms with E-state index >= 15 is 0 Å². The number of allylic oxidation sites excluding steroid dienone is 2. The Balaban J connectivity index is 2.68. The molecule has 8 heteroatoms. The minimum Gasteiger partial charge on any atom is -0.449 e. The molecule has 0 spiro atoms. The van der Waals surface area contributed by atoms with Crippen molar-refractivity contribution in [2.45, 2.75) is 19.8 Å². The maximum atomic E-state index is 12.8. The van der Waals surface area contributed by atoms with Gasteiger partial charge in [-0.2, -0.15) is 0 Å². The van der Waals surface area contributed by atoms with E-state index in [0.29, 0.717) is 17.0 Å². The van der Waals surface area contributed by atoms with Crippen LogP contribution in [0.2, 0.25) is 0 Å². The van der Waals surface area contributed by atoms with E-state index in [9.17, 15) is 19.7 Å². The monoisotopic (exact) mass is 408 g/mol. The van der Waals surface area contributed by atoms with Crippen molar-refractivity contribution in [2.75, 3.05) is 20.3 Å². The van der Waals surface area contributed by atoms with Crippen LogP contribution in [-0.2, 0) is 19.1 Å². The van der Waals surface area contributed by atoms with Crippen molar-refractivity contribution in [1.29, 1.82) is 0 Å². The molecule has 1 aromatic carbocycles. The zero-order valence-electron chi connectivity index (χ0n) is 16.8. The molecule has 0 fully saturated rings. The SMILES string of the molecule is C#CCOC(=O)C1=C(C)N(C)C(C)=C(C(=O)OCC#C)C1c1ccc([N+](=O)[O-])cc1. The molecule has 1 heterocycles. The first kappa shape index (κ1) is 22.3. The van der Waals surface area contributed by atoms with E-state index in [-0.39, 0.29) is 30.0 Å². The Morgan fingerprint density at radius 3 is 1.83 bits per heavy atom. The summed E-state index contributed by atoms with van der Waals surface area (Å²) in [6.45, 7) is 2.92. The van der Waals surface area contributed by atoms with E-state index in [1.54, 1.807) is 25.8 Å². The molecule has 8 nitrogen and oxygen atoms in total. The fourth-order valence-electron chi connectivity index (χ4n) is 3.20. The predicted octanol–water partition coefficient (Wildman–Crippen LogP) is 2.52. The molecule has 0 unspecified atom stereocenters. The van der Waals surface area contributed by atoms with Gasteiger partial charge in [0.25, 0.3) is 5.69 Å². The molecule has 0 saturated carbocycles. The number of nitro groups is 1. The molecule has 0 amide bonds. The Labute approximate surface area is 174 Å². The van der Waals surface area contributed by atoms with Gasteiger partial charge < -0.3 is 14.4 Å². The van der Waals surface area contributed by atoms with Crippen molar-refractivity contribution in [1.82, 2.24) is 4.90 Å². The summed E-state index contributed by atoms with van der Waals surface area (Å²) in [6, 6.07) is 5.56. The van der Waals surface area contributed by atoms with Crippen LogP contribution in [0, 0.1) is 34.8 Å². The fraction of sp³-hybridized carbons (Fsp3) is 0.273. The van der Waals surface area contributed by atoms with E-state index < -0.39 is 22.8 Å². The Morgan fingerprint density at radius 2 is 1.47 bits per heavy atom. The van der Waals surface area contributed by atoms with Gasteiger partial charge in [-0.25, -0.2) is 9.59 Å². The summed E-state index contributed by atoms with van der Waals surface area (Å²) in [7, 11) is 1.69. The first-order chi connectivity index (χ1) is 14.2. The molecular weight excluding hydrogens is 388 g/mol. The van der Waals surface area contributed by atoms with Crippen LogP contribution < -0.4 is 0 Å². The first-order valence-electron chi connectivity index (χ1n) is 8.85. The van der Waals surface area contributed by atoms with Gasteiger partial charge in [0, 0.05) is 30.6 Å². The number of terminal acetylenes is 2. The van der Waals surface area contributed by atoms with Gasteiger partial charge in [-0.05, 0) is 19.4 Å². The highest BCUT2D eigenvalue weighted by Gasteiger charge is 2.39. The highest BCUT2D eigenvalue weighted by molar-refractivity contribution is 6.00. The smallest absolute Gasteiger partial charge is 0.337 e. The third-order valence-electron chi connectivity index (χ3n) is 4.81. The lowest BCUT2D eigenvalue weighted by molar-refractivity contribution is -0.384. The third kappa shape index (κ3) is 4.34. The second kappa shape index (κ2) is 9.44. The van der Waals surface area contributed by atoms with Crippen LogP contribution in [0.25, 0.3) is 0 Å². The number of hydrogen-bond donors (Lipinski definition) is 0. The van der Waals surface area contributed by atoms with Crippen molar-refractivity contribution < 1.29 is 24.0 Å². The highest BCUT2D eigenvalue weighted by Crippen LogP contribution is 2.42. The van der Waals surface area contributed by atoms with Gasteiger partial charge in [-0.15, -0.1) is 12.8 Å². The molecule has 0 bridgehead atoms. The quantitative estimate of drug-likeness (QED) is 0.309. The number of benzene rings is 1. The Morgan fingerprint density at radius 1 is 1.03 bits per heavy atom. The summed E-state index contributed by atoms with van der Waals surface area (Å²) in [5.41, 5.74) is 1.81. The van der Waals surface area contributed by atoms with Crippen molar-refractivity contribution in [3.05, 3.63) is 62.5 Å². The number of nitrogens with zero attached hydrogens (tertiary/aromatic N) is 2. The molecular formula is C22H20N2O6. The average molecular weight is 408 g/mol. The summed E-state index contributed by atoms with van der Waals surface area (Å²) in [6.07, 6.45) is 10.4. The van der Waals surface area contributed by atoms with Crippen LogP contribution in [0.3, 0.4) is 0 Å². The second-order valence-electron chi connectivity index (χ2n) is 6.40. The summed E-state index contributed by atoms with van der Waals surface area (Å²) in [5, 5.41) is 11.0. The van der Waals surface area contributed by atoms with E-state index in [0.717, 1.165) is 0 Å². The van der Waals surface area contributed by atoms with Gasteiger partial charge in [-0.3, -0.25) is 10.1 Å². The van der Waals surface area contributed by atoms with E-state index in [4.69, 9.17) is 22.3 Å². The Kier molecular flexibility index (Phi) is 7.00. The Hall–Kier alpha value is -4.04. The standard InChI is InChI=1S/C22H20N2O6/c1-6-12-29-21(25)18-14(3)23(5)15(4)19(22(26)30-13-7-2)20(18)16-8-10-17(11-9-16)24(27)28/h1-2,8-11,20H,12-13H2,3-5H3. The van der Waals surface area contributed by atoms with E-state index in [1.165, 1.54) is 24.3 Å². The molecule has 154 valence electrons. The minimum atomic E-state index is -0.877.